The van der Waals surface area contributed by atoms with Crippen molar-refractivity contribution in [2.75, 3.05) is 24.6 Å². The molecule has 0 bridgehead atoms. The molecule has 0 saturated carbocycles. The molecule has 4 nitrogen and oxygen atoms in total. The summed E-state index contributed by atoms with van der Waals surface area (Å²) in [5.74, 6) is 2.17. The SMILES string of the molecule is Cc1nc(Cl)cc(N2CCC(CCO)C2)n1. The Balaban J connectivity index is 2.08. The van der Waals surface area contributed by atoms with E-state index in [-0.39, 0.29) is 6.61 Å². The Morgan fingerprint density at radius 1 is 1.56 bits per heavy atom. The molecule has 0 aromatic carbocycles. The van der Waals surface area contributed by atoms with Crippen LogP contribution in [-0.2, 0) is 0 Å². The fourth-order valence-corrected chi connectivity index (χ4v) is 2.36. The van der Waals surface area contributed by atoms with Gasteiger partial charge in [0.1, 0.15) is 16.8 Å². The van der Waals surface area contributed by atoms with Crippen molar-refractivity contribution in [2.45, 2.75) is 19.8 Å². The highest BCUT2D eigenvalue weighted by Gasteiger charge is 2.23. The quantitative estimate of drug-likeness (QED) is 0.818. The van der Waals surface area contributed by atoms with Crippen LogP contribution in [0.1, 0.15) is 18.7 Å². The molecule has 16 heavy (non-hydrogen) atoms. The molecule has 1 N–H and O–H groups in total. The van der Waals surface area contributed by atoms with E-state index in [0.29, 0.717) is 16.9 Å². The average molecular weight is 242 g/mol. The van der Waals surface area contributed by atoms with Crippen LogP contribution in [0.25, 0.3) is 0 Å². The van der Waals surface area contributed by atoms with Gasteiger partial charge in [0.05, 0.1) is 0 Å². The summed E-state index contributed by atoms with van der Waals surface area (Å²) in [7, 11) is 0. The Hall–Kier alpha value is -0.870. The smallest absolute Gasteiger partial charge is 0.134 e. The zero-order valence-electron chi connectivity index (χ0n) is 9.36. The molecule has 0 spiro atoms. The number of anilines is 1. The van der Waals surface area contributed by atoms with Gasteiger partial charge in [0.15, 0.2) is 0 Å². The average Bonchev–Trinajstić information content (AvgIpc) is 2.65. The number of nitrogens with zero attached hydrogens (tertiary/aromatic N) is 3. The van der Waals surface area contributed by atoms with Crippen LogP contribution in [0.3, 0.4) is 0 Å². The largest absolute Gasteiger partial charge is 0.396 e. The summed E-state index contributed by atoms with van der Waals surface area (Å²) in [6.07, 6.45) is 1.98. The summed E-state index contributed by atoms with van der Waals surface area (Å²) in [5.41, 5.74) is 0. The van der Waals surface area contributed by atoms with E-state index < -0.39 is 0 Å². The zero-order valence-corrected chi connectivity index (χ0v) is 10.1. The van der Waals surface area contributed by atoms with Crippen LogP contribution in [-0.4, -0.2) is 34.8 Å². The molecule has 1 unspecified atom stereocenters. The standard InChI is InChI=1S/C11H16ClN3O/c1-8-13-10(12)6-11(14-8)15-4-2-9(7-15)3-5-16/h6,9,16H,2-5,7H2,1H3. The van der Waals surface area contributed by atoms with Gasteiger partial charge >= 0.3 is 0 Å². The van der Waals surface area contributed by atoms with E-state index in [9.17, 15) is 0 Å². The van der Waals surface area contributed by atoms with Crippen molar-refractivity contribution in [2.24, 2.45) is 5.92 Å². The van der Waals surface area contributed by atoms with Gasteiger partial charge in [-0.3, -0.25) is 0 Å². The molecule has 0 radical (unpaired) electrons. The van der Waals surface area contributed by atoms with Gasteiger partial charge in [0.2, 0.25) is 0 Å². The summed E-state index contributed by atoms with van der Waals surface area (Å²) in [6, 6.07) is 1.80. The molecule has 88 valence electrons. The van der Waals surface area contributed by atoms with E-state index in [4.69, 9.17) is 16.7 Å². The van der Waals surface area contributed by atoms with Crippen LogP contribution in [0.4, 0.5) is 5.82 Å². The second-order valence-corrected chi connectivity index (χ2v) is 4.60. The van der Waals surface area contributed by atoms with E-state index in [0.717, 1.165) is 31.7 Å². The predicted octanol–water partition coefficient (Wildman–Crippen LogP) is 1.65. The maximum absolute atomic E-state index is 8.91. The van der Waals surface area contributed by atoms with Gasteiger partial charge in [0.25, 0.3) is 0 Å². The van der Waals surface area contributed by atoms with Crippen LogP contribution in [0.5, 0.6) is 0 Å². The fourth-order valence-electron chi connectivity index (χ4n) is 2.14. The third-order valence-corrected chi connectivity index (χ3v) is 3.13. The van der Waals surface area contributed by atoms with Gasteiger partial charge in [-0.15, -0.1) is 0 Å². The van der Waals surface area contributed by atoms with Crippen molar-refractivity contribution in [3.8, 4) is 0 Å². The first kappa shape index (κ1) is 11.6. The number of aryl methyl sites for hydroxylation is 1. The van der Waals surface area contributed by atoms with Crippen LogP contribution < -0.4 is 4.90 Å². The lowest BCUT2D eigenvalue weighted by Crippen LogP contribution is -2.21. The highest BCUT2D eigenvalue weighted by atomic mass is 35.5. The molecule has 1 atom stereocenters. The number of rotatable bonds is 3. The minimum Gasteiger partial charge on any atom is -0.396 e. The summed E-state index contributed by atoms with van der Waals surface area (Å²) < 4.78 is 0. The molecule has 1 aliphatic heterocycles. The Morgan fingerprint density at radius 2 is 2.38 bits per heavy atom. The third-order valence-electron chi connectivity index (χ3n) is 2.94. The molecule has 2 rings (SSSR count). The molecular weight excluding hydrogens is 226 g/mol. The molecule has 1 aromatic heterocycles. The topological polar surface area (TPSA) is 49.2 Å². The van der Waals surface area contributed by atoms with Gasteiger partial charge in [-0.25, -0.2) is 9.97 Å². The number of aliphatic hydroxyl groups excluding tert-OH is 1. The third kappa shape index (κ3) is 2.62. The number of hydrogen-bond donors (Lipinski definition) is 1. The Kier molecular flexibility index (Phi) is 3.61. The van der Waals surface area contributed by atoms with Crippen LogP contribution in [0.2, 0.25) is 5.15 Å². The van der Waals surface area contributed by atoms with E-state index in [1.807, 2.05) is 6.92 Å². The van der Waals surface area contributed by atoms with Crippen molar-refractivity contribution in [1.82, 2.24) is 9.97 Å². The van der Waals surface area contributed by atoms with Gasteiger partial charge < -0.3 is 10.0 Å². The fraction of sp³-hybridized carbons (Fsp3) is 0.636. The van der Waals surface area contributed by atoms with Gasteiger partial charge in [-0.05, 0) is 25.7 Å². The van der Waals surface area contributed by atoms with Crippen LogP contribution in [0.15, 0.2) is 6.07 Å². The van der Waals surface area contributed by atoms with Crippen LogP contribution in [0, 0.1) is 12.8 Å². The second kappa shape index (κ2) is 4.97. The first-order valence-electron chi connectivity index (χ1n) is 5.56. The van der Waals surface area contributed by atoms with E-state index >= 15 is 0 Å². The van der Waals surface area contributed by atoms with Crippen LogP contribution >= 0.6 is 11.6 Å². The monoisotopic (exact) mass is 241 g/mol. The van der Waals surface area contributed by atoms with Gasteiger partial charge in [-0.2, -0.15) is 0 Å². The first-order valence-corrected chi connectivity index (χ1v) is 5.94. The Labute approximate surface area is 100 Å². The molecule has 5 heteroatoms. The zero-order chi connectivity index (χ0) is 11.5. The highest BCUT2D eigenvalue weighted by Crippen LogP contribution is 2.25. The van der Waals surface area contributed by atoms with Crippen molar-refractivity contribution >= 4 is 17.4 Å². The van der Waals surface area contributed by atoms with E-state index in [1.165, 1.54) is 0 Å². The number of aliphatic hydroxyl groups is 1. The summed E-state index contributed by atoms with van der Waals surface area (Å²) in [4.78, 5) is 10.6. The minimum absolute atomic E-state index is 0.266. The summed E-state index contributed by atoms with van der Waals surface area (Å²) in [6.45, 7) is 4.05. The lowest BCUT2D eigenvalue weighted by molar-refractivity contribution is 0.263. The molecule has 0 aliphatic carbocycles. The molecule has 1 saturated heterocycles. The van der Waals surface area contributed by atoms with Gasteiger partial charge in [0, 0.05) is 25.8 Å². The maximum atomic E-state index is 8.91. The molecular formula is C11H16ClN3O. The summed E-state index contributed by atoms with van der Waals surface area (Å²) >= 11 is 5.91. The lowest BCUT2D eigenvalue weighted by atomic mass is 10.1. The van der Waals surface area contributed by atoms with E-state index in [2.05, 4.69) is 14.9 Å². The molecule has 1 aliphatic rings. The van der Waals surface area contributed by atoms with Crippen molar-refractivity contribution in [3.63, 3.8) is 0 Å². The highest BCUT2D eigenvalue weighted by molar-refractivity contribution is 6.29. The van der Waals surface area contributed by atoms with Crippen molar-refractivity contribution in [1.29, 1.82) is 0 Å². The first-order chi connectivity index (χ1) is 7.69. The Bertz CT molecular complexity index is 352. The molecule has 0 amide bonds. The second-order valence-electron chi connectivity index (χ2n) is 4.21. The minimum atomic E-state index is 0.266. The number of aromatic nitrogens is 2. The maximum Gasteiger partial charge on any atom is 0.134 e. The predicted molar refractivity (Wildman–Crippen MR) is 63.8 cm³/mol. The molecule has 1 aromatic rings. The summed E-state index contributed by atoms with van der Waals surface area (Å²) in [5, 5.41) is 9.40. The number of hydrogen-bond acceptors (Lipinski definition) is 4. The van der Waals surface area contributed by atoms with E-state index in [1.54, 1.807) is 6.07 Å². The number of halogens is 1. The Morgan fingerprint density at radius 3 is 3.06 bits per heavy atom. The van der Waals surface area contributed by atoms with Crippen molar-refractivity contribution < 1.29 is 5.11 Å². The van der Waals surface area contributed by atoms with Crippen molar-refractivity contribution in [3.05, 3.63) is 17.0 Å². The molecule has 1 fully saturated rings. The normalized spacial score (nSPS) is 20.4. The van der Waals surface area contributed by atoms with Gasteiger partial charge in [-0.1, -0.05) is 11.6 Å². The lowest BCUT2D eigenvalue weighted by Gasteiger charge is -2.17. The molecule has 2 heterocycles.